The molecular weight excluding hydrogens is 262 g/mol. The zero-order valence-electron chi connectivity index (χ0n) is 11.8. The lowest BCUT2D eigenvalue weighted by Gasteiger charge is -2.07. The molecule has 0 bridgehead atoms. The average molecular weight is 279 g/mol. The molecule has 0 radical (unpaired) electrons. The maximum absolute atomic E-state index is 6.14. The molecule has 21 heavy (non-hydrogen) atoms. The first-order valence-corrected chi connectivity index (χ1v) is 7.08. The first-order chi connectivity index (χ1) is 10.2. The lowest BCUT2D eigenvalue weighted by atomic mass is 10.0. The van der Waals surface area contributed by atoms with E-state index < -0.39 is 0 Å². The van der Waals surface area contributed by atoms with Crippen LogP contribution >= 0.6 is 0 Å². The molecule has 2 atom stereocenters. The van der Waals surface area contributed by atoms with Gasteiger partial charge in [-0.2, -0.15) is 0 Å². The van der Waals surface area contributed by atoms with E-state index in [1.54, 1.807) is 0 Å². The Labute approximate surface area is 122 Å². The Morgan fingerprint density at radius 3 is 2.57 bits per heavy atom. The lowest BCUT2D eigenvalue weighted by molar-refractivity contribution is 0.828. The summed E-state index contributed by atoms with van der Waals surface area (Å²) in [6.07, 6.45) is 2.53. The van der Waals surface area contributed by atoms with Crippen LogP contribution in [0.4, 0.5) is 5.82 Å². The molecule has 0 saturated heterocycles. The maximum atomic E-state index is 6.14. The second kappa shape index (κ2) is 4.30. The summed E-state index contributed by atoms with van der Waals surface area (Å²) in [5, 5.41) is 0.931. The van der Waals surface area contributed by atoms with E-state index in [9.17, 15) is 0 Å². The molecule has 3 aromatic rings. The molecule has 0 spiro atoms. The minimum absolute atomic E-state index is 0.227. The van der Waals surface area contributed by atoms with E-state index >= 15 is 0 Å². The number of nitrogens with zero attached hydrogens (tertiary/aromatic N) is 3. The number of aryl methyl sites for hydroxylation is 1. The number of hydrogen-bond donors (Lipinski definition) is 2. The monoisotopic (exact) mass is 279 g/mol. The number of aromatic nitrogens is 3. The Bertz CT molecular complexity index is 822. The largest absolute Gasteiger partial charge is 0.383 e. The van der Waals surface area contributed by atoms with Crippen molar-refractivity contribution in [3.05, 3.63) is 42.4 Å². The zero-order valence-corrected chi connectivity index (χ0v) is 11.8. The first kappa shape index (κ1) is 12.3. The third kappa shape index (κ3) is 1.74. The van der Waals surface area contributed by atoms with Crippen LogP contribution in [0.1, 0.15) is 18.0 Å². The highest BCUT2D eigenvalue weighted by atomic mass is 15.1. The Morgan fingerprint density at radius 2 is 1.90 bits per heavy atom. The van der Waals surface area contributed by atoms with E-state index in [-0.39, 0.29) is 6.04 Å². The highest BCUT2D eigenvalue weighted by Gasteiger charge is 2.40. The van der Waals surface area contributed by atoms with Gasteiger partial charge in [0.1, 0.15) is 17.8 Å². The summed E-state index contributed by atoms with van der Waals surface area (Å²) in [5.41, 5.74) is 16.6. The normalized spacial score (nSPS) is 20.9. The molecule has 2 heterocycles. The van der Waals surface area contributed by atoms with Gasteiger partial charge in [-0.1, -0.05) is 30.3 Å². The second-order valence-electron chi connectivity index (χ2n) is 5.65. The van der Waals surface area contributed by atoms with Gasteiger partial charge in [0.25, 0.3) is 0 Å². The molecule has 4 rings (SSSR count). The van der Waals surface area contributed by atoms with E-state index in [1.165, 1.54) is 12.0 Å². The van der Waals surface area contributed by atoms with Crippen molar-refractivity contribution in [2.45, 2.75) is 18.4 Å². The quantitative estimate of drug-likeness (QED) is 0.752. The van der Waals surface area contributed by atoms with Gasteiger partial charge in [-0.25, -0.2) is 9.97 Å². The molecule has 1 aromatic carbocycles. The molecule has 1 aliphatic carbocycles. The fraction of sp³-hybridized carbons (Fsp3) is 0.250. The summed E-state index contributed by atoms with van der Waals surface area (Å²) in [6, 6.07) is 10.5. The fourth-order valence-electron chi connectivity index (χ4n) is 3.15. The van der Waals surface area contributed by atoms with Crippen molar-refractivity contribution < 1.29 is 0 Å². The number of anilines is 1. The van der Waals surface area contributed by atoms with Crippen molar-refractivity contribution in [3.8, 4) is 11.1 Å². The minimum atomic E-state index is 0.227. The number of benzene rings is 1. The van der Waals surface area contributed by atoms with Crippen LogP contribution in [0.25, 0.3) is 22.2 Å². The number of nitrogens with two attached hydrogens (primary N) is 2. The molecule has 1 saturated carbocycles. The average Bonchev–Trinajstić information content (AvgIpc) is 3.13. The summed E-state index contributed by atoms with van der Waals surface area (Å²) < 4.78 is 2.12. The molecule has 2 aromatic heterocycles. The predicted octanol–water partition coefficient (Wildman–Crippen LogP) is 2.03. The predicted molar refractivity (Wildman–Crippen MR) is 83.7 cm³/mol. The number of fused-ring (bicyclic) bond motifs is 1. The summed E-state index contributed by atoms with van der Waals surface area (Å²) in [5.74, 6) is 0.897. The number of nitrogen functional groups attached to an aromatic ring is 1. The van der Waals surface area contributed by atoms with Gasteiger partial charge < -0.3 is 16.0 Å². The van der Waals surface area contributed by atoms with Crippen molar-refractivity contribution in [1.82, 2.24) is 14.5 Å². The summed E-state index contributed by atoms with van der Waals surface area (Å²) in [6.45, 7) is 0. The van der Waals surface area contributed by atoms with Crippen molar-refractivity contribution in [2.24, 2.45) is 12.8 Å². The molecule has 2 unspecified atom stereocenters. The van der Waals surface area contributed by atoms with Crippen molar-refractivity contribution in [3.63, 3.8) is 0 Å². The highest BCUT2D eigenvalue weighted by Crippen LogP contribution is 2.47. The summed E-state index contributed by atoms with van der Waals surface area (Å²) in [4.78, 5) is 8.58. The van der Waals surface area contributed by atoms with Gasteiger partial charge in [0, 0.05) is 30.3 Å². The van der Waals surface area contributed by atoms with Crippen LogP contribution in [-0.4, -0.2) is 20.6 Å². The molecule has 5 heteroatoms. The Hall–Kier alpha value is -2.40. The molecule has 106 valence electrons. The van der Waals surface area contributed by atoms with E-state index in [0.29, 0.717) is 11.7 Å². The topological polar surface area (TPSA) is 82.8 Å². The van der Waals surface area contributed by atoms with Crippen LogP contribution in [0.2, 0.25) is 0 Å². The van der Waals surface area contributed by atoms with Gasteiger partial charge in [-0.15, -0.1) is 0 Å². The summed E-state index contributed by atoms with van der Waals surface area (Å²) >= 11 is 0. The van der Waals surface area contributed by atoms with Gasteiger partial charge in [0.05, 0.1) is 5.39 Å². The minimum Gasteiger partial charge on any atom is -0.383 e. The zero-order chi connectivity index (χ0) is 14.6. The van der Waals surface area contributed by atoms with Crippen molar-refractivity contribution >= 4 is 16.9 Å². The van der Waals surface area contributed by atoms with Gasteiger partial charge in [0.2, 0.25) is 0 Å². The SMILES string of the molecule is Cn1c(C2CC2N)c(-c2ccccc2)c2c(N)ncnc21. The smallest absolute Gasteiger partial charge is 0.146 e. The summed E-state index contributed by atoms with van der Waals surface area (Å²) in [7, 11) is 2.03. The van der Waals surface area contributed by atoms with Crippen LogP contribution in [-0.2, 0) is 7.05 Å². The van der Waals surface area contributed by atoms with Crippen LogP contribution < -0.4 is 11.5 Å². The van der Waals surface area contributed by atoms with Crippen LogP contribution in [0, 0.1) is 0 Å². The second-order valence-corrected chi connectivity index (χ2v) is 5.65. The molecule has 4 N–H and O–H groups in total. The molecule has 0 aliphatic heterocycles. The number of rotatable bonds is 2. The van der Waals surface area contributed by atoms with Crippen molar-refractivity contribution in [1.29, 1.82) is 0 Å². The lowest BCUT2D eigenvalue weighted by Crippen LogP contribution is -2.05. The maximum Gasteiger partial charge on any atom is 0.146 e. The Balaban J connectivity index is 2.11. The third-order valence-corrected chi connectivity index (χ3v) is 4.30. The third-order valence-electron chi connectivity index (χ3n) is 4.30. The molecule has 0 amide bonds. The van der Waals surface area contributed by atoms with Crippen molar-refractivity contribution in [2.75, 3.05) is 5.73 Å². The van der Waals surface area contributed by atoms with Crippen LogP contribution in [0.5, 0.6) is 0 Å². The molecule has 1 aliphatic rings. The number of hydrogen-bond acceptors (Lipinski definition) is 4. The van der Waals surface area contributed by atoms with E-state index in [4.69, 9.17) is 11.5 Å². The first-order valence-electron chi connectivity index (χ1n) is 7.08. The molecule has 1 fully saturated rings. The highest BCUT2D eigenvalue weighted by molar-refractivity contribution is 6.02. The Morgan fingerprint density at radius 1 is 1.19 bits per heavy atom. The van der Waals surface area contributed by atoms with Gasteiger partial charge in [0.15, 0.2) is 0 Å². The molecule has 5 nitrogen and oxygen atoms in total. The molecular formula is C16H17N5. The van der Waals surface area contributed by atoms with Crippen LogP contribution in [0.3, 0.4) is 0 Å². The standard InChI is InChI=1S/C16H17N5/c1-21-14(10-7-11(10)17)12(9-5-3-2-4-6-9)13-15(18)19-8-20-16(13)21/h2-6,8,10-11H,7,17H2,1H3,(H2,18,19,20). The van der Waals surface area contributed by atoms with Gasteiger partial charge >= 0.3 is 0 Å². The van der Waals surface area contributed by atoms with Gasteiger partial charge in [-0.3, -0.25) is 0 Å². The van der Waals surface area contributed by atoms with Gasteiger partial charge in [-0.05, 0) is 12.0 Å². The van der Waals surface area contributed by atoms with Crippen LogP contribution in [0.15, 0.2) is 36.7 Å². The van der Waals surface area contributed by atoms with E-state index in [0.717, 1.165) is 28.6 Å². The van der Waals surface area contributed by atoms with E-state index in [1.807, 2.05) is 25.2 Å². The van der Waals surface area contributed by atoms with E-state index in [2.05, 4.69) is 26.7 Å². The Kier molecular flexibility index (Phi) is 2.53. The fourth-order valence-corrected chi connectivity index (χ4v) is 3.15.